The maximum absolute atomic E-state index is 5.94. The van der Waals surface area contributed by atoms with E-state index in [1.165, 1.54) is 57.1 Å². The average Bonchev–Trinajstić information content (AvgIpc) is 2.88. The average molecular weight is 280 g/mol. The van der Waals surface area contributed by atoms with Crippen LogP contribution in [0.2, 0.25) is 5.02 Å². The Morgan fingerprint density at radius 2 is 1.79 bits per heavy atom. The van der Waals surface area contributed by atoms with Crippen LogP contribution in [0.1, 0.15) is 51.0 Å². The quantitative estimate of drug-likeness (QED) is 0.705. The molecule has 1 N–H and O–H groups in total. The summed E-state index contributed by atoms with van der Waals surface area (Å²) in [5.41, 5.74) is 2.03. The molecule has 0 saturated heterocycles. The van der Waals surface area contributed by atoms with E-state index in [4.69, 9.17) is 11.6 Å². The number of hydrogen-bond acceptors (Lipinski definition) is 1. The van der Waals surface area contributed by atoms with Gasteiger partial charge >= 0.3 is 0 Å². The molecule has 1 fully saturated rings. The molecule has 0 bridgehead atoms. The van der Waals surface area contributed by atoms with Crippen molar-refractivity contribution < 1.29 is 0 Å². The van der Waals surface area contributed by atoms with Crippen LogP contribution in [0.3, 0.4) is 0 Å². The zero-order valence-electron chi connectivity index (χ0n) is 12.1. The highest BCUT2D eigenvalue weighted by Crippen LogP contribution is 2.44. The van der Waals surface area contributed by atoms with Gasteiger partial charge in [-0.2, -0.15) is 0 Å². The minimum atomic E-state index is 0.599. The van der Waals surface area contributed by atoms with Crippen molar-refractivity contribution in [1.82, 2.24) is 5.32 Å². The summed E-state index contributed by atoms with van der Waals surface area (Å²) < 4.78 is 0. The predicted octanol–water partition coefficient (Wildman–Crippen LogP) is 4.83. The number of aryl methyl sites for hydroxylation is 1. The third-order valence-corrected chi connectivity index (χ3v) is 4.86. The molecule has 1 aliphatic rings. The van der Waals surface area contributed by atoms with Crippen LogP contribution in [0, 0.1) is 5.41 Å². The molecule has 0 aliphatic heterocycles. The van der Waals surface area contributed by atoms with Gasteiger partial charge in [-0.3, -0.25) is 0 Å². The van der Waals surface area contributed by atoms with Gasteiger partial charge in [0, 0.05) is 5.02 Å². The third kappa shape index (κ3) is 4.50. The van der Waals surface area contributed by atoms with E-state index in [-0.39, 0.29) is 0 Å². The SMILES string of the molecule is CCNCCC1(CCc2ccc(Cl)cc2)CCCC1. The third-order valence-electron chi connectivity index (χ3n) is 4.60. The number of hydrogen-bond donors (Lipinski definition) is 1. The predicted molar refractivity (Wildman–Crippen MR) is 83.8 cm³/mol. The molecule has 106 valence electrons. The Morgan fingerprint density at radius 3 is 2.42 bits per heavy atom. The van der Waals surface area contributed by atoms with E-state index in [1.54, 1.807) is 0 Å². The smallest absolute Gasteiger partial charge is 0.0406 e. The Kier molecular flexibility index (Phi) is 5.72. The lowest BCUT2D eigenvalue weighted by Crippen LogP contribution is -2.25. The second kappa shape index (κ2) is 7.31. The molecule has 1 aromatic carbocycles. The molecule has 2 heteroatoms. The van der Waals surface area contributed by atoms with E-state index in [0.29, 0.717) is 5.41 Å². The van der Waals surface area contributed by atoms with E-state index in [1.807, 2.05) is 12.1 Å². The Balaban J connectivity index is 1.87. The Bertz CT molecular complexity index is 365. The van der Waals surface area contributed by atoms with Crippen LogP contribution in [0.4, 0.5) is 0 Å². The van der Waals surface area contributed by atoms with Crippen molar-refractivity contribution in [3.63, 3.8) is 0 Å². The molecule has 0 heterocycles. The van der Waals surface area contributed by atoms with E-state index in [2.05, 4.69) is 24.4 Å². The van der Waals surface area contributed by atoms with Crippen LogP contribution in [0.25, 0.3) is 0 Å². The fourth-order valence-corrected chi connectivity index (χ4v) is 3.47. The molecular weight excluding hydrogens is 254 g/mol. The minimum absolute atomic E-state index is 0.599. The van der Waals surface area contributed by atoms with Crippen molar-refractivity contribution in [3.8, 4) is 0 Å². The van der Waals surface area contributed by atoms with Gasteiger partial charge < -0.3 is 5.32 Å². The number of rotatable bonds is 7. The van der Waals surface area contributed by atoms with Crippen molar-refractivity contribution >= 4 is 11.6 Å². The lowest BCUT2D eigenvalue weighted by molar-refractivity contribution is 0.246. The van der Waals surface area contributed by atoms with Crippen LogP contribution in [0.5, 0.6) is 0 Å². The van der Waals surface area contributed by atoms with E-state index < -0.39 is 0 Å². The summed E-state index contributed by atoms with van der Waals surface area (Å²) in [6, 6.07) is 8.37. The van der Waals surface area contributed by atoms with Crippen molar-refractivity contribution in [3.05, 3.63) is 34.9 Å². The van der Waals surface area contributed by atoms with Crippen LogP contribution in [-0.2, 0) is 6.42 Å². The van der Waals surface area contributed by atoms with Crippen LogP contribution in [0.15, 0.2) is 24.3 Å². The molecule has 0 spiro atoms. The Morgan fingerprint density at radius 1 is 1.11 bits per heavy atom. The van der Waals surface area contributed by atoms with E-state index >= 15 is 0 Å². The van der Waals surface area contributed by atoms with Crippen molar-refractivity contribution in [2.24, 2.45) is 5.41 Å². The molecule has 0 amide bonds. The van der Waals surface area contributed by atoms with Crippen LogP contribution < -0.4 is 5.32 Å². The van der Waals surface area contributed by atoms with Crippen molar-refractivity contribution in [2.75, 3.05) is 13.1 Å². The second-order valence-corrected chi connectivity index (χ2v) is 6.37. The fraction of sp³-hybridized carbons (Fsp3) is 0.647. The summed E-state index contributed by atoms with van der Waals surface area (Å²) in [5.74, 6) is 0. The zero-order valence-corrected chi connectivity index (χ0v) is 12.8. The van der Waals surface area contributed by atoms with Gasteiger partial charge in [-0.05, 0) is 68.3 Å². The minimum Gasteiger partial charge on any atom is -0.317 e. The van der Waals surface area contributed by atoms with Gasteiger partial charge in [-0.1, -0.05) is 43.5 Å². The van der Waals surface area contributed by atoms with Crippen molar-refractivity contribution in [2.45, 2.75) is 51.9 Å². The molecule has 0 aromatic heterocycles. The molecule has 0 atom stereocenters. The molecule has 0 unspecified atom stereocenters. The molecular formula is C17H26ClN. The number of nitrogens with one attached hydrogen (secondary N) is 1. The monoisotopic (exact) mass is 279 g/mol. The zero-order chi connectivity index (χ0) is 13.6. The van der Waals surface area contributed by atoms with Crippen LogP contribution in [-0.4, -0.2) is 13.1 Å². The standard InChI is InChI=1S/C17H26ClN/c1-2-19-14-13-17(10-3-4-11-17)12-9-15-5-7-16(18)8-6-15/h5-8,19H,2-4,9-14H2,1H3. The first-order valence-corrected chi connectivity index (χ1v) is 8.07. The summed E-state index contributed by atoms with van der Waals surface area (Å²) in [7, 11) is 0. The van der Waals surface area contributed by atoms with Gasteiger partial charge in [-0.25, -0.2) is 0 Å². The number of benzene rings is 1. The first kappa shape index (κ1) is 14.9. The fourth-order valence-electron chi connectivity index (χ4n) is 3.34. The highest BCUT2D eigenvalue weighted by molar-refractivity contribution is 6.30. The lowest BCUT2D eigenvalue weighted by Gasteiger charge is -2.29. The van der Waals surface area contributed by atoms with Gasteiger partial charge in [0.1, 0.15) is 0 Å². The number of halogens is 1. The molecule has 0 radical (unpaired) electrons. The Hall–Kier alpha value is -0.530. The van der Waals surface area contributed by atoms with Gasteiger partial charge in [-0.15, -0.1) is 0 Å². The first-order valence-electron chi connectivity index (χ1n) is 7.69. The summed E-state index contributed by atoms with van der Waals surface area (Å²) >= 11 is 5.94. The van der Waals surface area contributed by atoms with Gasteiger partial charge in [0.05, 0.1) is 0 Å². The van der Waals surface area contributed by atoms with Gasteiger partial charge in [0.2, 0.25) is 0 Å². The van der Waals surface area contributed by atoms with Gasteiger partial charge in [0.15, 0.2) is 0 Å². The molecule has 1 nitrogen and oxygen atoms in total. The topological polar surface area (TPSA) is 12.0 Å². The van der Waals surface area contributed by atoms with E-state index in [0.717, 1.165) is 11.6 Å². The highest BCUT2D eigenvalue weighted by atomic mass is 35.5. The Labute approximate surface area is 122 Å². The highest BCUT2D eigenvalue weighted by Gasteiger charge is 2.32. The molecule has 1 aromatic rings. The second-order valence-electron chi connectivity index (χ2n) is 5.94. The molecule has 1 saturated carbocycles. The maximum Gasteiger partial charge on any atom is 0.0406 e. The summed E-state index contributed by atoms with van der Waals surface area (Å²) in [4.78, 5) is 0. The lowest BCUT2D eigenvalue weighted by atomic mass is 9.77. The first-order chi connectivity index (χ1) is 9.24. The normalized spacial score (nSPS) is 17.8. The summed E-state index contributed by atoms with van der Waals surface area (Å²) in [6.45, 7) is 4.46. The maximum atomic E-state index is 5.94. The summed E-state index contributed by atoms with van der Waals surface area (Å²) in [5, 5.41) is 4.33. The summed E-state index contributed by atoms with van der Waals surface area (Å²) in [6.07, 6.45) is 9.56. The largest absolute Gasteiger partial charge is 0.317 e. The van der Waals surface area contributed by atoms with Crippen molar-refractivity contribution in [1.29, 1.82) is 0 Å². The molecule has 2 rings (SSSR count). The van der Waals surface area contributed by atoms with Gasteiger partial charge in [0.25, 0.3) is 0 Å². The van der Waals surface area contributed by atoms with Crippen LogP contribution >= 0.6 is 11.6 Å². The van der Waals surface area contributed by atoms with E-state index in [9.17, 15) is 0 Å². The molecule has 19 heavy (non-hydrogen) atoms. The molecule has 1 aliphatic carbocycles.